The number of hydrogen-bond acceptors (Lipinski definition) is 3. The lowest BCUT2D eigenvalue weighted by Gasteiger charge is -2.15. The Kier molecular flexibility index (Phi) is 5.24. The van der Waals surface area contributed by atoms with Gasteiger partial charge < -0.3 is 4.74 Å². The number of benzene rings is 4. The Balaban J connectivity index is 1.72. The van der Waals surface area contributed by atoms with Crippen LogP contribution in [-0.2, 0) is 0 Å². The minimum atomic E-state index is 0.914. The summed E-state index contributed by atoms with van der Waals surface area (Å²) in [7, 11) is 1.77. The molecule has 6 rings (SSSR count). The van der Waals surface area contributed by atoms with E-state index in [-0.39, 0.29) is 0 Å². The molecule has 0 aliphatic heterocycles. The van der Waals surface area contributed by atoms with Crippen molar-refractivity contribution in [2.45, 2.75) is 13.8 Å². The van der Waals surface area contributed by atoms with Crippen molar-refractivity contribution >= 4 is 43.5 Å². The monoisotopic (exact) mass is 476 g/mol. The smallest absolute Gasteiger partial charge is 0.127 e. The van der Waals surface area contributed by atoms with Crippen molar-refractivity contribution in [3.63, 3.8) is 0 Å². The van der Waals surface area contributed by atoms with E-state index in [4.69, 9.17) is 4.74 Å². The third-order valence-electron chi connectivity index (χ3n) is 6.54. The van der Waals surface area contributed by atoms with Crippen LogP contribution < -0.4 is 4.74 Å². The lowest BCUT2D eigenvalue weighted by atomic mass is 9.92. The molecule has 6 aromatic rings. The minimum Gasteiger partial charge on any atom is -0.496 e. The summed E-state index contributed by atoms with van der Waals surface area (Å²) in [6, 6.07) is 32.4. The highest BCUT2D eigenvalue weighted by molar-refractivity contribution is 7.23. The van der Waals surface area contributed by atoms with Gasteiger partial charge in [-0.1, -0.05) is 78.9 Å². The van der Waals surface area contributed by atoms with Crippen molar-refractivity contribution in [3.8, 4) is 37.8 Å². The van der Waals surface area contributed by atoms with Gasteiger partial charge in [-0.3, -0.25) is 0 Å². The Labute approximate surface area is 207 Å². The van der Waals surface area contributed by atoms with Gasteiger partial charge in [-0.25, -0.2) is 0 Å². The minimum absolute atomic E-state index is 0.914. The number of ether oxygens (including phenoxy) is 1. The topological polar surface area (TPSA) is 9.23 Å². The Morgan fingerprint density at radius 2 is 1.29 bits per heavy atom. The fourth-order valence-electron chi connectivity index (χ4n) is 5.00. The van der Waals surface area contributed by atoms with Gasteiger partial charge in [0.1, 0.15) is 5.75 Å². The Morgan fingerprint density at radius 1 is 0.588 bits per heavy atom. The van der Waals surface area contributed by atoms with E-state index in [2.05, 4.69) is 105 Å². The van der Waals surface area contributed by atoms with Gasteiger partial charge in [-0.15, -0.1) is 22.7 Å². The summed E-state index contributed by atoms with van der Waals surface area (Å²) in [6.45, 7) is 4.53. The van der Waals surface area contributed by atoms with Gasteiger partial charge in [-0.2, -0.15) is 0 Å². The van der Waals surface area contributed by atoms with Crippen molar-refractivity contribution in [3.05, 3.63) is 101 Å². The van der Waals surface area contributed by atoms with Crippen LogP contribution in [0.4, 0.5) is 0 Å². The predicted molar refractivity (Wildman–Crippen MR) is 150 cm³/mol. The Bertz CT molecular complexity index is 1650. The molecule has 2 heterocycles. The summed E-state index contributed by atoms with van der Waals surface area (Å²) in [4.78, 5) is 4.02. The molecule has 4 aromatic carbocycles. The summed E-state index contributed by atoms with van der Waals surface area (Å²) in [5, 5.41) is 3.73. The standard InChI is InChI=1S/C31H24OS2/c1-19-27(20(2)33-30(19)22-12-5-4-6-13-22)31-29(24-15-9-10-16-26(24)34-31)28-23-14-8-7-11-21(23)17-18-25(28)32-3/h4-18H,1-3H3. The van der Waals surface area contributed by atoms with Crippen molar-refractivity contribution < 1.29 is 4.74 Å². The van der Waals surface area contributed by atoms with Crippen LogP contribution in [0.25, 0.3) is 52.9 Å². The number of fused-ring (bicyclic) bond motifs is 2. The third kappa shape index (κ3) is 3.27. The van der Waals surface area contributed by atoms with Gasteiger partial charge >= 0.3 is 0 Å². The van der Waals surface area contributed by atoms with Crippen LogP contribution in [0.1, 0.15) is 10.4 Å². The lowest BCUT2D eigenvalue weighted by Crippen LogP contribution is -1.91. The molecule has 0 unspecified atom stereocenters. The van der Waals surface area contributed by atoms with Gasteiger partial charge in [0.05, 0.1) is 7.11 Å². The van der Waals surface area contributed by atoms with Gasteiger partial charge in [-0.05, 0) is 47.9 Å². The molecular weight excluding hydrogens is 452 g/mol. The summed E-state index contributed by atoms with van der Waals surface area (Å²) >= 11 is 3.78. The van der Waals surface area contributed by atoms with Crippen LogP contribution in [0.15, 0.2) is 91.0 Å². The molecule has 0 aliphatic rings. The lowest BCUT2D eigenvalue weighted by molar-refractivity contribution is 0.417. The maximum absolute atomic E-state index is 5.96. The molecule has 1 nitrogen and oxygen atoms in total. The Hall–Kier alpha value is -3.40. The summed E-state index contributed by atoms with van der Waals surface area (Å²) in [5.41, 5.74) is 6.44. The molecule has 0 atom stereocenters. The summed E-state index contributed by atoms with van der Waals surface area (Å²) < 4.78 is 7.26. The molecule has 0 fully saturated rings. The van der Waals surface area contributed by atoms with E-state index in [0.717, 1.165) is 5.75 Å². The maximum Gasteiger partial charge on any atom is 0.127 e. The highest BCUT2D eigenvalue weighted by atomic mass is 32.1. The van der Waals surface area contributed by atoms with Gasteiger partial charge in [0, 0.05) is 41.4 Å². The molecule has 3 heteroatoms. The molecule has 0 spiro atoms. The van der Waals surface area contributed by atoms with Crippen molar-refractivity contribution in [2.24, 2.45) is 0 Å². The van der Waals surface area contributed by atoms with E-state index in [1.165, 1.54) is 63.3 Å². The van der Waals surface area contributed by atoms with E-state index < -0.39 is 0 Å². The van der Waals surface area contributed by atoms with Gasteiger partial charge in [0.15, 0.2) is 0 Å². The molecule has 0 N–H and O–H groups in total. The number of methoxy groups -OCH3 is 1. The second-order valence-corrected chi connectivity index (χ2v) is 10.8. The van der Waals surface area contributed by atoms with Crippen molar-refractivity contribution in [1.29, 1.82) is 0 Å². The van der Waals surface area contributed by atoms with Gasteiger partial charge in [0.2, 0.25) is 0 Å². The largest absolute Gasteiger partial charge is 0.496 e. The fraction of sp³-hybridized carbons (Fsp3) is 0.0968. The molecule has 0 radical (unpaired) electrons. The predicted octanol–water partition coefficient (Wildman–Crippen LogP) is 9.74. The maximum atomic E-state index is 5.96. The van der Waals surface area contributed by atoms with Crippen LogP contribution in [0.5, 0.6) is 5.75 Å². The van der Waals surface area contributed by atoms with Crippen LogP contribution in [0.3, 0.4) is 0 Å². The Morgan fingerprint density at radius 3 is 2.09 bits per heavy atom. The number of thiophene rings is 2. The second-order valence-electron chi connectivity index (χ2n) is 8.52. The zero-order chi connectivity index (χ0) is 23.2. The quantitative estimate of drug-likeness (QED) is 0.246. The molecule has 166 valence electrons. The SMILES string of the molecule is COc1ccc2ccccc2c1-c1c(-c2c(C)sc(-c3ccccc3)c2C)sc2ccccc12. The third-order valence-corrected chi connectivity index (χ3v) is 8.99. The first kappa shape index (κ1) is 21.2. The zero-order valence-electron chi connectivity index (χ0n) is 19.4. The van der Waals surface area contributed by atoms with E-state index >= 15 is 0 Å². The van der Waals surface area contributed by atoms with Crippen LogP contribution >= 0.6 is 22.7 Å². The molecular formula is C31H24OS2. The van der Waals surface area contributed by atoms with E-state index in [1.54, 1.807) is 7.11 Å². The van der Waals surface area contributed by atoms with Crippen LogP contribution in [0.2, 0.25) is 0 Å². The highest BCUT2D eigenvalue weighted by Crippen LogP contribution is 2.53. The average molecular weight is 477 g/mol. The molecule has 0 saturated carbocycles. The van der Waals surface area contributed by atoms with E-state index in [1.807, 2.05) is 22.7 Å². The van der Waals surface area contributed by atoms with Crippen molar-refractivity contribution in [1.82, 2.24) is 0 Å². The first-order valence-corrected chi connectivity index (χ1v) is 13.0. The number of rotatable bonds is 4. The molecule has 34 heavy (non-hydrogen) atoms. The summed E-state index contributed by atoms with van der Waals surface area (Å²) in [5.74, 6) is 0.914. The molecule has 2 aromatic heterocycles. The highest BCUT2D eigenvalue weighted by Gasteiger charge is 2.25. The summed E-state index contributed by atoms with van der Waals surface area (Å²) in [6.07, 6.45) is 0. The molecule has 0 aliphatic carbocycles. The first-order chi connectivity index (χ1) is 16.7. The zero-order valence-corrected chi connectivity index (χ0v) is 21.0. The molecule has 0 saturated heterocycles. The average Bonchev–Trinajstić information content (AvgIpc) is 3.39. The normalized spacial score (nSPS) is 11.4. The number of hydrogen-bond donors (Lipinski definition) is 0. The second kappa shape index (κ2) is 8.43. The van der Waals surface area contributed by atoms with Crippen molar-refractivity contribution in [2.75, 3.05) is 7.11 Å². The molecule has 0 amide bonds. The van der Waals surface area contributed by atoms with E-state index in [9.17, 15) is 0 Å². The fourth-order valence-corrected chi connectivity index (χ4v) is 7.61. The van der Waals surface area contributed by atoms with Crippen LogP contribution in [-0.4, -0.2) is 7.11 Å². The molecule has 0 bridgehead atoms. The first-order valence-electron chi connectivity index (χ1n) is 11.4. The number of aryl methyl sites for hydroxylation is 1. The van der Waals surface area contributed by atoms with E-state index in [0.29, 0.717) is 0 Å². The van der Waals surface area contributed by atoms with Crippen LogP contribution in [0, 0.1) is 13.8 Å². The van der Waals surface area contributed by atoms with Gasteiger partial charge in [0.25, 0.3) is 0 Å².